The summed E-state index contributed by atoms with van der Waals surface area (Å²) in [5.74, 6) is 0.519. The summed E-state index contributed by atoms with van der Waals surface area (Å²) in [5, 5.41) is 18.5. The van der Waals surface area contributed by atoms with Gasteiger partial charge >= 0.3 is 0 Å². The summed E-state index contributed by atoms with van der Waals surface area (Å²) < 4.78 is 0.777. The molecule has 0 aliphatic rings. The van der Waals surface area contributed by atoms with Gasteiger partial charge in [0.25, 0.3) is 0 Å². The summed E-state index contributed by atoms with van der Waals surface area (Å²) in [4.78, 5) is 0. The number of nitrogens with zero attached hydrogens (tertiary/aromatic N) is 2. The Kier molecular flexibility index (Phi) is 3.66. The zero-order valence-electron chi connectivity index (χ0n) is 9.33. The van der Waals surface area contributed by atoms with E-state index in [0.717, 1.165) is 9.90 Å². The highest BCUT2D eigenvalue weighted by atomic mass is 32.2. The van der Waals surface area contributed by atoms with E-state index in [2.05, 4.69) is 10.2 Å². The van der Waals surface area contributed by atoms with E-state index in [1.54, 1.807) is 6.92 Å². The first-order chi connectivity index (χ1) is 8.08. The average molecular weight is 267 g/mol. The van der Waals surface area contributed by atoms with Crippen LogP contribution in [-0.4, -0.2) is 21.1 Å². The summed E-state index contributed by atoms with van der Waals surface area (Å²) in [7, 11) is 0. The van der Waals surface area contributed by atoms with Crippen LogP contribution in [0.5, 0.6) is 0 Å². The number of rotatable bonds is 4. The lowest BCUT2D eigenvalue weighted by molar-refractivity contribution is 0.0839. The van der Waals surface area contributed by atoms with Gasteiger partial charge in [0.1, 0.15) is 0 Å². The molecule has 0 saturated heterocycles. The van der Waals surface area contributed by atoms with E-state index in [9.17, 15) is 5.11 Å². The first-order valence-electron chi connectivity index (χ1n) is 5.07. The molecule has 1 aromatic carbocycles. The molecule has 1 heterocycles. The van der Waals surface area contributed by atoms with Gasteiger partial charge in [-0.05, 0) is 12.5 Å². The molecule has 0 amide bonds. The molecule has 3 N–H and O–H groups in total. The van der Waals surface area contributed by atoms with Gasteiger partial charge in [0.05, 0.1) is 5.60 Å². The molecule has 0 aliphatic carbocycles. The Morgan fingerprint density at radius 1 is 1.35 bits per heavy atom. The van der Waals surface area contributed by atoms with Crippen LogP contribution in [-0.2, 0) is 5.60 Å². The molecule has 0 spiro atoms. The van der Waals surface area contributed by atoms with Gasteiger partial charge in [-0.2, -0.15) is 0 Å². The fraction of sp³-hybridized carbons (Fsp3) is 0.273. The minimum Gasteiger partial charge on any atom is -0.385 e. The highest BCUT2D eigenvalue weighted by Gasteiger charge is 2.23. The number of hydrogen-bond acceptors (Lipinski definition) is 6. The first kappa shape index (κ1) is 12.3. The summed E-state index contributed by atoms with van der Waals surface area (Å²) in [6, 6.07) is 9.58. The molecule has 6 heteroatoms. The molecular formula is C11H13N3OS2. The van der Waals surface area contributed by atoms with Crippen LogP contribution >= 0.6 is 23.1 Å². The van der Waals surface area contributed by atoms with Gasteiger partial charge in [0.15, 0.2) is 4.34 Å². The zero-order chi connectivity index (χ0) is 12.3. The summed E-state index contributed by atoms with van der Waals surface area (Å²) in [5.41, 5.74) is 5.51. The van der Waals surface area contributed by atoms with E-state index in [1.165, 1.54) is 23.1 Å². The van der Waals surface area contributed by atoms with Gasteiger partial charge in [0.2, 0.25) is 5.13 Å². The molecule has 4 nitrogen and oxygen atoms in total. The average Bonchev–Trinajstić information content (AvgIpc) is 2.74. The van der Waals surface area contributed by atoms with Gasteiger partial charge in [-0.1, -0.05) is 53.4 Å². The van der Waals surface area contributed by atoms with Gasteiger partial charge in [-0.25, -0.2) is 0 Å². The van der Waals surface area contributed by atoms with Crippen molar-refractivity contribution < 1.29 is 5.11 Å². The molecule has 1 atom stereocenters. The minimum atomic E-state index is -0.883. The van der Waals surface area contributed by atoms with Gasteiger partial charge in [-0.15, -0.1) is 10.2 Å². The second kappa shape index (κ2) is 5.03. The Labute approximate surface area is 108 Å². The van der Waals surface area contributed by atoms with Crippen LogP contribution in [0.3, 0.4) is 0 Å². The fourth-order valence-corrected chi connectivity index (χ4v) is 3.04. The number of benzene rings is 1. The van der Waals surface area contributed by atoms with Gasteiger partial charge in [0, 0.05) is 5.75 Å². The summed E-state index contributed by atoms with van der Waals surface area (Å²) in [6.45, 7) is 1.79. The molecule has 90 valence electrons. The lowest BCUT2D eigenvalue weighted by atomic mass is 9.99. The topological polar surface area (TPSA) is 72.0 Å². The van der Waals surface area contributed by atoms with Crippen molar-refractivity contribution in [3.63, 3.8) is 0 Å². The highest BCUT2D eigenvalue weighted by molar-refractivity contribution is 8.01. The highest BCUT2D eigenvalue weighted by Crippen LogP contribution is 2.31. The maximum absolute atomic E-state index is 10.4. The number of aromatic nitrogens is 2. The second-order valence-electron chi connectivity index (χ2n) is 3.83. The van der Waals surface area contributed by atoms with Crippen molar-refractivity contribution in [3.05, 3.63) is 35.9 Å². The second-order valence-corrected chi connectivity index (χ2v) is 6.07. The van der Waals surface area contributed by atoms with Crippen molar-refractivity contribution in [3.8, 4) is 0 Å². The Morgan fingerprint density at radius 2 is 2.06 bits per heavy atom. The summed E-state index contributed by atoms with van der Waals surface area (Å²) in [6.07, 6.45) is 0. The first-order valence-corrected chi connectivity index (χ1v) is 6.88. The van der Waals surface area contributed by atoms with Crippen LogP contribution in [0.1, 0.15) is 12.5 Å². The number of nitrogen functional groups attached to an aromatic ring is 1. The Hall–Kier alpha value is -1.11. The maximum atomic E-state index is 10.4. The van der Waals surface area contributed by atoms with Crippen molar-refractivity contribution in [1.82, 2.24) is 10.2 Å². The maximum Gasteiger partial charge on any atom is 0.203 e. The van der Waals surface area contributed by atoms with Crippen molar-refractivity contribution in [2.75, 3.05) is 11.5 Å². The molecule has 0 saturated carbocycles. The molecule has 2 rings (SSSR count). The molecule has 1 unspecified atom stereocenters. The van der Waals surface area contributed by atoms with E-state index in [1.807, 2.05) is 30.3 Å². The van der Waals surface area contributed by atoms with Crippen LogP contribution in [0.2, 0.25) is 0 Å². The van der Waals surface area contributed by atoms with Gasteiger partial charge < -0.3 is 10.8 Å². The van der Waals surface area contributed by atoms with E-state index in [-0.39, 0.29) is 0 Å². The van der Waals surface area contributed by atoms with Crippen molar-refractivity contribution in [1.29, 1.82) is 0 Å². The monoisotopic (exact) mass is 267 g/mol. The SMILES string of the molecule is CC(O)(CSc1nnc(N)s1)c1ccccc1. The standard InChI is InChI=1S/C11H13N3OS2/c1-11(15,8-5-3-2-4-6-8)7-16-10-14-13-9(12)17-10/h2-6,15H,7H2,1H3,(H2,12,13). The number of nitrogens with two attached hydrogens (primary N) is 1. The van der Waals surface area contributed by atoms with Crippen LogP contribution in [0.4, 0.5) is 5.13 Å². The van der Waals surface area contributed by atoms with E-state index in [0.29, 0.717) is 10.9 Å². The third-order valence-corrected chi connectivity index (χ3v) is 4.48. The molecule has 1 aromatic heterocycles. The number of anilines is 1. The van der Waals surface area contributed by atoms with Crippen molar-refractivity contribution in [2.24, 2.45) is 0 Å². The van der Waals surface area contributed by atoms with E-state index < -0.39 is 5.60 Å². The minimum absolute atomic E-state index is 0.451. The van der Waals surface area contributed by atoms with Crippen molar-refractivity contribution in [2.45, 2.75) is 16.9 Å². The zero-order valence-corrected chi connectivity index (χ0v) is 11.0. The van der Waals surface area contributed by atoms with E-state index in [4.69, 9.17) is 5.73 Å². The van der Waals surface area contributed by atoms with Crippen LogP contribution in [0.25, 0.3) is 0 Å². The largest absolute Gasteiger partial charge is 0.385 e. The smallest absolute Gasteiger partial charge is 0.203 e. The quantitative estimate of drug-likeness (QED) is 0.830. The number of aliphatic hydroxyl groups is 1. The summed E-state index contributed by atoms with van der Waals surface area (Å²) >= 11 is 2.79. The molecule has 0 aliphatic heterocycles. The van der Waals surface area contributed by atoms with Gasteiger partial charge in [-0.3, -0.25) is 0 Å². The molecular weight excluding hydrogens is 254 g/mol. The number of hydrogen-bond donors (Lipinski definition) is 2. The third-order valence-electron chi connectivity index (χ3n) is 2.29. The van der Waals surface area contributed by atoms with Crippen LogP contribution < -0.4 is 5.73 Å². The Morgan fingerprint density at radius 3 is 2.65 bits per heavy atom. The molecule has 0 bridgehead atoms. The normalized spacial score (nSPS) is 14.5. The number of thioether (sulfide) groups is 1. The molecule has 2 aromatic rings. The third kappa shape index (κ3) is 3.18. The van der Waals surface area contributed by atoms with Crippen molar-refractivity contribution >= 4 is 28.2 Å². The Balaban J connectivity index is 2.03. The fourth-order valence-electron chi connectivity index (χ4n) is 1.36. The van der Waals surface area contributed by atoms with Crippen LogP contribution in [0.15, 0.2) is 34.7 Å². The predicted octanol–water partition coefficient (Wildman–Crippen LogP) is 2.12. The van der Waals surface area contributed by atoms with E-state index >= 15 is 0 Å². The lowest BCUT2D eigenvalue weighted by Crippen LogP contribution is -2.24. The molecule has 0 radical (unpaired) electrons. The predicted molar refractivity (Wildman–Crippen MR) is 71.1 cm³/mol. The molecule has 0 fully saturated rings. The Bertz CT molecular complexity index is 484. The lowest BCUT2D eigenvalue weighted by Gasteiger charge is -2.22. The van der Waals surface area contributed by atoms with Crippen LogP contribution in [0, 0.1) is 0 Å². The molecule has 17 heavy (non-hydrogen) atoms.